The fourth-order valence-corrected chi connectivity index (χ4v) is 4.04. The Morgan fingerprint density at radius 3 is 2.21 bits per heavy atom. The molecule has 0 fully saturated rings. The molecule has 0 saturated heterocycles. The summed E-state index contributed by atoms with van der Waals surface area (Å²) in [5.41, 5.74) is 0.597. The molecule has 0 aliphatic carbocycles. The minimum Gasteiger partial charge on any atom is -0.333 e. The monoisotopic (exact) mass is 414 g/mol. The summed E-state index contributed by atoms with van der Waals surface area (Å²) in [5, 5.41) is 0. The van der Waals surface area contributed by atoms with Gasteiger partial charge in [0.05, 0.1) is 13.1 Å². The molecular formula is C24H34N2O2S. The van der Waals surface area contributed by atoms with E-state index < -0.39 is 5.41 Å². The van der Waals surface area contributed by atoms with Crippen LogP contribution in [0.15, 0.2) is 42.5 Å². The van der Waals surface area contributed by atoms with Gasteiger partial charge in [0.25, 0.3) is 0 Å². The summed E-state index contributed by atoms with van der Waals surface area (Å²) in [6.45, 7) is 11.8. The molecule has 1 aromatic carbocycles. The van der Waals surface area contributed by atoms with Gasteiger partial charge in [-0.1, -0.05) is 64.4 Å². The molecule has 2 amide bonds. The number of carbonyl (C=O) groups is 2. The van der Waals surface area contributed by atoms with Crippen LogP contribution in [0, 0.1) is 12.3 Å². The van der Waals surface area contributed by atoms with Crippen LogP contribution in [0.5, 0.6) is 0 Å². The third-order valence-corrected chi connectivity index (χ3v) is 5.73. The predicted molar refractivity (Wildman–Crippen MR) is 121 cm³/mol. The second-order valence-corrected chi connectivity index (χ2v) is 9.95. The van der Waals surface area contributed by atoms with Crippen LogP contribution in [0.3, 0.4) is 0 Å². The van der Waals surface area contributed by atoms with E-state index in [-0.39, 0.29) is 18.4 Å². The fraction of sp³-hybridized carbons (Fsp3) is 0.500. The van der Waals surface area contributed by atoms with Gasteiger partial charge in [-0.25, -0.2) is 0 Å². The second-order valence-electron chi connectivity index (χ2n) is 8.58. The summed E-state index contributed by atoms with van der Waals surface area (Å²) in [7, 11) is 0. The zero-order valence-electron chi connectivity index (χ0n) is 18.4. The molecule has 0 spiro atoms. The molecule has 29 heavy (non-hydrogen) atoms. The topological polar surface area (TPSA) is 40.6 Å². The lowest BCUT2D eigenvalue weighted by Crippen LogP contribution is -2.46. The van der Waals surface area contributed by atoms with Gasteiger partial charge in [0, 0.05) is 28.3 Å². The Morgan fingerprint density at radius 1 is 0.966 bits per heavy atom. The summed E-state index contributed by atoms with van der Waals surface area (Å²) >= 11 is 1.71. The van der Waals surface area contributed by atoms with E-state index in [1.165, 1.54) is 4.88 Å². The van der Waals surface area contributed by atoms with Crippen molar-refractivity contribution in [1.82, 2.24) is 9.80 Å². The van der Waals surface area contributed by atoms with Crippen molar-refractivity contribution in [3.8, 4) is 0 Å². The lowest BCUT2D eigenvalue weighted by molar-refractivity contribution is -0.146. The average molecular weight is 415 g/mol. The molecule has 2 aromatic rings. The molecule has 4 nitrogen and oxygen atoms in total. The normalized spacial score (nSPS) is 11.3. The Labute approximate surface area is 179 Å². The molecular weight excluding hydrogens is 380 g/mol. The lowest BCUT2D eigenvalue weighted by Gasteiger charge is -2.31. The Kier molecular flexibility index (Phi) is 8.45. The fourth-order valence-electron chi connectivity index (χ4n) is 3.13. The Balaban J connectivity index is 2.19. The van der Waals surface area contributed by atoms with Crippen molar-refractivity contribution < 1.29 is 9.59 Å². The highest BCUT2D eigenvalue weighted by Crippen LogP contribution is 2.21. The summed E-state index contributed by atoms with van der Waals surface area (Å²) in [6.07, 6.45) is 1.89. The van der Waals surface area contributed by atoms with E-state index in [9.17, 15) is 9.59 Å². The van der Waals surface area contributed by atoms with Crippen LogP contribution >= 0.6 is 11.3 Å². The van der Waals surface area contributed by atoms with Gasteiger partial charge in [-0.3, -0.25) is 9.59 Å². The van der Waals surface area contributed by atoms with Gasteiger partial charge in [0.15, 0.2) is 0 Å². The quantitative estimate of drug-likeness (QED) is 0.561. The Hall–Kier alpha value is -2.14. The number of hydrogen-bond donors (Lipinski definition) is 0. The minimum atomic E-state index is -0.497. The number of benzene rings is 1. The van der Waals surface area contributed by atoms with Gasteiger partial charge < -0.3 is 9.80 Å². The number of unbranched alkanes of at least 4 members (excludes halogenated alkanes) is 1. The molecule has 0 unspecified atom stereocenters. The molecule has 158 valence electrons. The van der Waals surface area contributed by atoms with Crippen molar-refractivity contribution in [1.29, 1.82) is 0 Å². The van der Waals surface area contributed by atoms with Crippen molar-refractivity contribution >= 4 is 23.2 Å². The standard InChI is InChI=1S/C24H34N2O2S/c1-6-7-15-25(23(28)24(3,4)5)18-22(27)26(16-20-11-9-8-10-12-20)17-21-14-13-19(2)29-21/h8-14H,6-7,15-18H2,1-5H3. The van der Waals surface area contributed by atoms with Crippen molar-refractivity contribution in [2.75, 3.05) is 13.1 Å². The molecule has 1 aromatic heterocycles. The number of carbonyl (C=O) groups excluding carboxylic acids is 2. The van der Waals surface area contributed by atoms with E-state index in [0.717, 1.165) is 23.3 Å². The largest absolute Gasteiger partial charge is 0.333 e. The van der Waals surface area contributed by atoms with Crippen molar-refractivity contribution in [2.45, 2.75) is 60.5 Å². The summed E-state index contributed by atoms with van der Waals surface area (Å²) in [6, 6.07) is 14.2. The van der Waals surface area contributed by atoms with E-state index in [0.29, 0.717) is 19.6 Å². The zero-order chi connectivity index (χ0) is 21.4. The van der Waals surface area contributed by atoms with E-state index >= 15 is 0 Å². The van der Waals surface area contributed by atoms with Gasteiger partial charge in [0.2, 0.25) is 11.8 Å². The first kappa shape index (κ1) is 23.1. The number of aryl methyl sites for hydroxylation is 1. The van der Waals surface area contributed by atoms with E-state index in [1.54, 1.807) is 16.2 Å². The van der Waals surface area contributed by atoms with Gasteiger partial charge in [-0.2, -0.15) is 0 Å². The lowest BCUT2D eigenvalue weighted by atomic mass is 9.94. The highest BCUT2D eigenvalue weighted by molar-refractivity contribution is 7.11. The van der Waals surface area contributed by atoms with Crippen LogP contribution in [0.25, 0.3) is 0 Å². The number of thiophene rings is 1. The Bertz CT molecular complexity index is 793. The van der Waals surface area contributed by atoms with E-state index in [4.69, 9.17) is 0 Å². The van der Waals surface area contributed by atoms with Gasteiger partial charge in [-0.15, -0.1) is 11.3 Å². The molecule has 0 aliphatic rings. The number of hydrogen-bond acceptors (Lipinski definition) is 3. The van der Waals surface area contributed by atoms with Crippen molar-refractivity contribution in [2.24, 2.45) is 5.41 Å². The van der Waals surface area contributed by atoms with Gasteiger partial charge in [-0.05, 0) is 31.0 Å². The molecule has 5 heteroatoms. The van der Waals surface area contributed by atoms with Crippen molar-refractivity contribution in [3.05, 3.63) is 57.8 Å². The molecule has 2 rings (SSSR count). The highest BCUT2D eigenvalue weighted by Gasteiger charge is 2.29. The number of amides is 2. The summed E-state index contributed by atoms with van der Waals surface area (Å²) in [5.74, 6) is 0.0274. The predicted octanol–water partition coefficient (Wildman–Crippen LogP) is 5.26. The molecule has 1 heterocycles. The average Bonchev–Trinajstić information content (AvgIpc) is 3.08. The summed E-state index contributed by atoms with van der Waals surface area (Å²) < 4.78 is 0. The minimum absolute atomic E-state index is 0.00592. The molecule has 0 N–H and O–H groups in total. The van der Waals surface area contributed by atoms with Crippen LogP contribution in [0.1, 0.15) is 55.9 Å². The zero-order valence-corrected chi connectivity index (χ0v) is 19.2. The maximum absolute atomic E-state index is 13.3. The van der Waals surface area contributed by atoms with Crippen LogP contribution in [-0.2, 0) is 22.7 Å². The number of rotatable bonds is 9. The van der Waals surface area contributed by atoms with Crippen LogP contribution in [0.2, 0.25) is 0 Å². The smallest absolute Gasteiger partial charge is 0.242 e. The van der Waals surface area contributed by atoms with Crippen molar-refractivity contribution in [3.63, 3.8) is 0 Å². The maximum Gasteiger partial charge on any atom is 0.242 e. The maximum atomic E-state index is 13.3. The highest BCUT2D eigenvalue weighted by atomic mass is 32.1. The van der Waals surface area contributed by atoms with Gasteiger partial charge >= 0.3 is 0 Å². The third kappa shape index (κ3) is 7.32. The molecule has 0 radical (unpaired) electrons. The van der Waals surface area contributed by atoms with Crippen LogP contribution < -0.4 is 0 Å². The van der Waals surface area contributed by atoms with E-state index in [1.807, 2.05) is 56.0 Å². The van der Waals surface area contributed by atoms with E-state index in [2.05, 4.69) is 26.0 Å². The molecule has 0 saturated carbocycles. The molecule has 0 atom stereocenters. The first-order valence-corrected chi connectivity index (χ1v) is 11.2. The first-order valence-electron chi connectivity index (χ1n) is 10.4. The Morgan fingerprint density at radius 2 is 1.66 bits per heavy atom. The number of nitrogens with zero attached hydrogens (tertiary/aromatic N) is 2. The van der Waals surface area contributed by atoms with Gasteiger partial charge in [0.1, 0.15) is 0 Å². The SMILES string of the molecule is CCCCN(CC(=O)N(Cc1ccccc1)Cc1ccc(C)s1)C(=O)C(C)(C)C. The second kappa shape index (κ2) is 10.6. The molecule has 0 bridgehead atoms. The van der Waals surface area contributed by atoms with Crippen LogP contribution in [-0.4, -0.2) is 34.7 Å². The molecule has 0 aliphatic heterocycles. The van der Waals surface area contributed by atoms with Crippen LogP contribution in [0.4, 0.5) is 0 Å². The first-order chi connectivity index (χ1) is 13.7. The summed E-state index contributed by atoms with van der Waals surface area (Å²) in [4.78, 5) is 32.2. The third-order valence-electron chi connectivity index (χ3n) is 4.75.